The lowest BCUT2D eigenvalue weighted by Crippen LogP contribution is -2.52. The van der Waals surface area contributed by atoms with Crippen LogP contribution >= 0.6 is 11.6 Å². The van der Waals surface area contributed by atoms with E-state index in [0.717, 1.165) is 48.3 Å². The van der Waals surface area contributed by atoms with Crippen molar-refractivity contribution < 1.29 is 14.3 Å². The number of hydrogen-bond donors (Lipinski definition) is 1. The third-order valence-corrected chi connectivity index (χ3v) is 5.46. The Balaban J connectivity index is 1.33. The molecule has 1 saturated heterocycles. The molecule has 0 bridgehead atoms. The summed E-state index contributed by atoms with van der Waals surface area (Å²) < 4.78 is 11.1. The van der Waals surface area contributed by atoms with Crippen LogP contribution in [0.4, 0.5) is 11.4 Å². The van der Waals surface area contributed by atoms with Crippen molar-refractivity contribution in [3.8, 4) is 11.5 Å². The van der Waals surface area contributed by atoms with Gasteiger partial charge < -0.3 is 19.7 Å². The highest BCUT2D eigenvalue weighted by molar-refractivity contribution is 6.30. The van der Waals surface area contributed by atoms with Crippen molar-refractivity contribution in [3.05, 3.63) is 47.5 Å². The van der Waals surface area contributed by atoms with Gasteiger partial charge in [-0.25, -0.2) is 0 Å². The minimum atomic E-state index is -0.213. The predicted octanol–water partition coefficient (Wildman–Crippen LogP) is 3.26. The topological polar surface area (TPSA) is 54.0 Å². The summed E-state index contributed by atoms with van der Waals surface area (Å²) in [5, 5.41) is 3.73. The summed E-state index contributed by atoms with van der Waals surface area (Å²) in [6.45, 7) is 6.39. The Morgan fingerprint density at radius 2 is 1.79 bits per heavy atom. The Kier molecular flexibility index (Phi) is 5.59. The summed E-state index contributed by atoms with van der Waals surface area (Å²) in [6, 6.07) is 13.2. The first kappa shape index (κ1) is 18.9. The first-order valence-electron chi connectivity index (χ1n) is 9.55. The van der Waals surface area contributed by atoms with Crippen molar-refractivity contribution >= 4 is 28.9 Å². The van der Waals surface area contributed by atoms with Gasteiger partial charge in [-0.05, 0) is 37.3 Å². The summed E-state index contributed by atoms with van der Waals surface area (Å²) in [5.74, 6) is 1.37. The van der Waals surface area contributed by atoms with E-state index in [2.05, 4.69) is 21.2 Å². The van der Waals surface area contributed by atoms with E-state index in [-0.39, 0.29) is 11.9 Å². The van der Waals surface area contributed by atoms with Crippen LogP contribution in [0.25, 0.3) is 0 Å². The molecule has 2 aliphatic heterocycles. The van der Waals surface area contributed by atoms with Crippen LogP contribution in [0, 0.1) is 0 Å². The minimum absolute atomic E-state index is 0.0205. The highest BCUT2D eigenvalue weighted by Crippen LogP contribution is 2.32. The molecule has 2 aliphatic rings. The fourth-order valence-corrected chi connectivity index (χ4v) is 3.76. The molecular formula is C21H24ClN3O3. The molecule has 1 amide bonds. The van der Waals surface area contributed by atoms with Crippen molar-refractivity contribution in [2.75, 3.05) is 49.6 Å². The average molecular weight is 402 g/mol. The van der Waals surface area contributed by atoms with Gasteiger partial charge in [-0.2, -0.15) is 0 Å². The monoisotopic (exact) mass is 401 g/mol. The maximum absolute atomic E-state index is 12.7. The zero-order valence-electron chi connectivity index (χ0n) is 15.9. The van der Waals surface area contributed by atoms with Gasteiger partial charge in [0.2, 0.25) is 5.91 Å². The second-order valence-electron chi connectivity index (χ2n) is 7.03. The van der Waals surface area contributed by atoms with Crippen LogP contribution in [0.1, 0.15) is 6.92 Å². The van der Waals surface area contributed by atoms with Gasteiger partial charge >= 0.3 is 0 Å². The van der Waals surface area contributed by atoms with Crippen molar-refractivity contribution in [2.24, 2.45) is 0 Å². The van der Waals surface area contributed by atoms with Crippen LogP contribution in [0.2, 0.25) is 5.02 Å². The van der Waals surface area contributed by atoms with E-state index >= 15 is 0 Å². The number of hydrogen-bond acceptors (Lipinski definition) is 5. The maximum atomic E-state index is 12.7. The van der Waals surface area contributed by atoms with Crippen LogP contribution in [0.5, 0.6) is 11.5 Å². The van der Waals surface area contributed by atoms with Crippen molar-refractivity contribution in [2.45, 2.75) is 13.0 Å². The van der Waals surface area contributed by atoms with Gasteiger partial charge in [-0.15, -0.1) is 0 Å². The summed E-state index contributed by atoms with van der Waals surface area (Å²) in [6.07, 6.45) is 0. The summed E-state index contributed by atoms with van der Waals surface area (Å²) in [5.41, 5.74) is 1.85. The number of carbonyl (C=O) groups is 1. The van der Waals surface area contributed by atoms with E-state index in [1.807, 2.05) is 43.3 Å². The Hall–Kier alpha value is -2.44. The number of fused-ring (bicyclic) bond motifs is 1. The zero-order valence-corrected chi connectivity index (χ0v) is 16.6. The number of anilines is 2. The van der Waals surface area contributed by atoms with Gasteiger partial charge in [0, 0.05) is 48.6 Å². The molecule has 1 atom stereocenters. The number of ether oxygens (including phenoxy) is 2. The lowest BCUT2D eigenvalue weighted by atomic mass is 10.2. The number of piperazine rings is 1. The first-order chi connectivity index (χ1) is 13.6. The molecule has 4 rings (SSSR count). The lowest BCUT2D eigenvalue weighted by Gasteiger charge is -2.38. The van der Waals surface area contributed by atoms with Crippen LogP contribution in [0.15, 0.2) is 42.5 Å². The maximum Gasteiger partial charge on any atom is 0.241 e. The van der Waals surface area contributed by atoms with Crippen LogP contribution in [-0.2, 0) is 4.79 Å². The number of amides is 1. The molecule has 0 aliphatic carbocycles. The Morgan fingerprint density at radius 1 is 1.04 bits per heavy atom. The normalized spacial score (nSPS) is 17.9. The van der Waals surface area contributed by atoms with Gasteiger partial charge in [0.15, 0.2) is 11.5 Å². The van der Waals surface area contributed by atoms with Gasteiger partial charge in [-0.1, -0.05) is 17.7 Å². The number of benzene rings is 2. The SMILES string of the molecule is CC(C(=O)Nc1ccc2c(c1)OCCO2)N1CCN(c2cccc(Cl)c2)CC1. The second kappa shape index (κ2) is 8.29. The number of nitrogens with zero attached hydrogens (tertiary/aromatic N) is 2. The number of nitrogens with one attached hydrogen (secondary N) is 1. The van der Waals surface area contributed by atoms with Crippen molar-refractivity contribution in [1.82, 2.24) is 4.90 Å². The molecule has 1 N–H and O–H groups in total. The Labute approximate surface area is 170 Å². The Bertz CT molecular complexity index is 853. The quantitative estimate of drug-likeness (QED) is 0.852. The largest absolute Gasteiger partial charge is 0.486 e. The molecule has 0 saturated carbocycles. The molecule has 148 valence electrons. The van der Waals surface area contributed by atoms with Crippen LogP contribution < -0.4 is 19.7 Å². The van der Waals surface area contributed by atoms with Crippen LogP contribution in [0.3, 0.4) is 0 Å². The van der Waals surface area contributed by atoms with E-state index in [1.54, 1.807) is 0 Å². The zero-order chi connectivity index (χ0) is 19.5. The standard InChI is InChI=1S/C21H24ClN3O3/c1-15(21(26)23-17-5-6-19-20(14-17)28-12-11-27-19)24-7-9-25(10-8-24)18-4-2-3-16(22)13-18/h2-6,13-15H,7-12H2,1H3,(H,23,26). The fourth-order valence-electron chi connectivity index (χ4n) is 3.57. The molecule has 1 fully saturated rings. The third kappa shape index (κ3) is 4.18. The van der Waals surface area contributed by atoms with Crippen LogP contribution in [-0.4, -0.2) is 56.2 Å². The smallest absolute Gasteiger partial charge is 0.241 e. The molecule has 0 radical (unpaired) electrons. The highest BCUT2D eigenvalue weighted by atomic mass is 35.5. The van der Waals surface area contributed by atoms with Gasteiger partial charge in [0.1, 0.15) is 13.2 Å². The van der Waals surface area contributed by atoms with Gasteiger partial charge in [-0.3, -0.25) is 9.69 Å². The van der Waals surface area contributed by atoms with Crippen molar-refractivity contribution in [3.63, 3.8) is 0 Å². The molecule has 2 aromatic carbocycles. The number of carbonyl (C=O) groups excluding carboxylic acids is 1. The third-order valence-electron chi connectivity index (χ3n) is 5.22. The number of rotatable bonds is 4. The highest BCUT2D eigenvalue weighted by Gasteiger charge is 2.26. The first-order valence-corrected chi connectivity index (χ1v) is 9.93. The number of halogens is 1. The van der Waals surface area contributed by atoms with Gasteiger partial charge in [0.25, 0.3) is 0 Å². The molecule has 1 unspecified atom stereocenters. The fraction of sp³-hybridized carbons (Fsp3) is 0.381. The molecule has 2 aromatic rings. The van der Waals surface area contributed by atoms with E-state index in [4.69, 9.17) is 21.1 Å². The van der Waals surface area contributed by atoms with E-state index in [0.29, 0.717) is 19.0 Å². The summed E-state index contributed by atoms with van der Waals surface area (Å²) in [4.78, 5) is 17.2. The molecule has 0 aromatic heterocycles. The van der Waals surface area contributed by atoms with E-state index in [1.165, 1.54) is 0 Å². The predicted molar refractivity (Wildman–Crippen MR) is 111 cm³/mol. The lowest BCUT2D eigenvalue weighted by molar-refractivity contribution is -0.120. The molecule has 2 heterocycles. The van der Waals surface area contributed by atoms with E-state index in [9.17, 15) is 4.79 Å². The second-order valence-corrected chi connectivity index (χ2v) is 7.46. The molecular weight excluding hydrogens is 378 g/mol. The molecule has 7 heteroatoms. The minimum Gasteiger partial charge on any atom is -0.486 e. The molecule has 28 heavy (non-hydrogen) atoms. The molecule has 0 spiro atoms. The van der Waals surface area contributed by atoms with Gasteiger partial charge in [0.05, 0.1) is 6.04 Å². The van der Waals surface area contributed by atoms with Crippen molar-refractivity contribution in [1.29, 1.82) is 0 Å². The van der Waals surface area contributed by atoms with E-state index < -0.39 is 0 Å². The summed E-state index contributed by atoms with van der Waals surface area (Å²) >= 11 is 6.10. The Morgan fingerprint density at radius 3 is 2.54 bits per heavy atom. The molecule has 6 nitrogen and oxygen atoms in total. The summed E-state index contributed by atoms with van der Waals surface area (Å²) in [7, 11) is 0. The average Bonchev–Trinajstić information content (AvgIpc) is 2.73.